The van der Waals surface area contributed by atoms with E-state index in [2.05, 4.69) is 10.3 Å². The van der Waals surface area contributed by atoms with Gasteiger partial charge in [0.15, 0.2) is 0 Å². The molecule has 0 saturated heterocycles. The van der Waals surface area contributed by atoms with Crippen molar-refractivity contribution >= 4 is 40.8 Å². The van der Waals surface area contributed by atoms with Crippen molar-refractivity contribution in [1.29, 1.82) is 0 Å². The van der Waals surface area contributed by atoms with Crippen LogP contribution in [0, 0.1) is 0 Å². The largest absolute Gasteiger partial charge is 0.493 e. The predicted octanol–water partition coefficient (Wildman–Crippen LogP) is 7.05. The summed E-state index contributed by atoms with van der Waals surface area (Å²) in [6, 6.07) is 20.7. The molecule has 1 aliphatic rings. The molecule has 0 spiro atoms. The normalized spacial score (nSPS) is 14.3. The number of aliphatic carboxylic acids is 1. The summed E-state index contributed by atoms with van der Waals surface area (Å²) in [7, 11) is 0. The van der Waals surface area contributed by atoms with E-state index in [4.69, 9.17) is 32.7 Å². The Morgan fingerprint density at radius 1 is 1.03 bits per heavy atom. The molecule has 1 aliphatic heterocycles. The summed E-state index contributed by atoms with van der Waals surface area (Å²) in [6.07, 6.45) is 1.96. The molecule has 37 heavy (non-hydrogen) atoms. The number of carbonyl (C=O) groups excluding carboxylic acids is 1. The number of anilines is 1. The van der Waals surface area contributed by atoms with E-state index in [1.807, 2.05) is 24.3 Å². The van der Waals surface area contributed by atoms with Gasteiger partial charge in [0.05, 0.1) is 35.1 Å². The lowest BCUT2D eigenvalue weighted by atomic mass is 9.93. The quantitative estimate of drug-likeness (QED) is 0.275. The van der Waals surface area contributed by atoms with Crippen LogP contribution in [0.25, 0.3) is 11.3 Å². The smallest absolute Gasteiger partial charge is 0.311 e. The van der Waals surface area contributed by atoms with E-state index in [0.717, 1.165) is 11.3 Å². The molecule has 0 saturated carbocycles. The topological polar surface area (TPSA) is 97.8 Å². The lowest BCUT2D eigenvalue weighted by Gasteiger charge is -2.24. The van der Waals surface area contributed by atoms with Crippen LogP contribution < -0.4 is 14.8 Å². The number of ether oxygens (including phenoxy) is 2. The molecule has 4 aromatic rings. The zero-order valence-electron chi connectivity index (χ0n) is 19.3. The van der Waals surface area contributed by atoms with Gasteiger partial charge in [0, 0.05) is 27.8 Å². The number of hydrogen-bond acceptors (Lipinski definition) is 5. The molecule has 5 rings (SSSR count). The number of amides is 1. The van der Waals surface area contributed by atoms with Crippen molar-refractivity contribution in [3.8, 4) is 28.5 Å². The molecule has 3 aromatic carbocycles. The van der Waals surface area contributed by atoms with E-state index in [0.29, 0.717) is 52.1 Å². The van der Waals surface area contributed by atoms with Gasteiger partial charge in [-0.3, -0.25) is 14.6 Å². The van der Waals surface area contributed by atoms with E-state index < -0.39 is 11.9 Å². The Kier molecular flexibility index (Phi) is 6.99. The number of nitrogens with zero attached hydrogens (tertiary/aromatic N) is 1. The Labute approximate surface area is 222 Å². The number of hydrogen-bond donors (Lipinski definition) is 2. The number of rotatable bonds is 6. The first kappa shape index (κ1) is 24.6. The molecular weight excluding hydrogens is 515 g/mol. The van der Waals surface area contributed by atoms with Crippen molar-refractivity contribution < 1.29 is 24.2 Å². The van der Waals surface area contributed by atoms with Gasteiger partial charge in [-0.1, -0.05) is 35.3 Å². The Morgan fingerprint density at radius 2 is 1.84 bits per heavy atom. The number of nitrogens with one attached hydrogen (secondary N) is 1. The van der Waals surface area contributed by atoms with Crippen LogP contribution in [0.5, 0.6) is 17.2 Å². The highest BCUT2D eigenvalue weighted by Gasteiger charge is 2.29. The minimum absolute atomic E-state index is 0.269. The van der Waals surface area contributed by atoms with Crippen LogP contribution in [-0.2, 0) is 4.79 Å². The van der Waals surface area contributed by atoms with Crippen LogP contribution >= 0.6 is 23.2 Å². The number of halogens is 2. The van der Waals surface area contributed by atoms with E-state index in [1.165, 1.54) is 0 Å². The minimum atomic E-state index is -0.920. The summed E-state index contributed by atoms with van der Waals surface area (Å²) in [4.78, 5) is 28.6. The summed E-state index contributed by atoms with van der Waals surface area (Å²) in [5.41, 5.74) is 3.13. The summed E-state index contributed by atoms with van der Waals surface area (Å²) < 4.78 is 11.5. The molecule has 0 radical (unpaired) electrons. The number of pyridine rings is 1. The Balaban J connectivity index is 1.25. The number of benzene rings is 3. The average Bonchev–Trinajstić information content (AvgIpc) is 2.89. The molecule has 1 atom stereocenters. The first-order valence-electron chi connectivity index (χ1n) is 11.4. The predicted molar refractivity (Wildman–Crippen MR) is 141 cm³/mol. The molecule has 0 fully saturated rings. The molecule has 9 heteroatoms. The number of fused-ring (bicyclic) bond motifs is 1. The van der Waals surface area contributed by atoms with Crippen LogP contribution in [-0.4, -0.2) is 28.6 Å². The highest BCUT2D eigenvalue weighted by molar-refractivity contribution is 6.32. The second-order valence-corrected chi connectivity index (χ2v) is 9.22. The van der Waals surface area contributed by atoms with E-state index in [1.54, 1.807) is 54.7 Å². The van der Waals surface area contributed by atoms with Crippen LogP contribution in [0.3, 0.4) is 0 Å². The zero-order chi connectivity index (χ0) is 25.9. The number of aromatic nitrogens is 1. The third-order valence-corrected chi connectivity index (χ3v) is 6.42. The lowest BCUT2D eigenvalue weighted by molar-refractivity contribution is -0.139. The SMILES string of the molecule is O=C(Nc1ccc(-c2cccc(Cl)c2)nc1)c1ccc(Oc2cc3c(cc2Cl)C(C(=O)O)CCO3)cc1. The van der Waals surface area contributed by atoms with Crippen molar-refractivity contribution in [3.63, 3.8) is 0 Å². The first-order valence-corrected chi connectivity index (χ1v) is 12.1. The second-order valence-electron chi connectivity index (χ2n) is 8.37. The summed E-state index contributed by atoms with van der Waals surface area (Å²) in [5.74, 6) is -0.675. The van der Waals surface area contributed by atoms with E-state index in [9.17, 15) is 14.7 Å². The summed E-state index contributed by atoms with van der Waals surface area (Å²) in [5, 5.41) is 13.2. The van der Waals surface area contributed by atoms with Gasteiger partial charge in [-0.05, 0) is 61.0 Å². The van der Waals surface area contributed by atoms with Crippen molar-refractivity contribution in [2.45, 2.75) is 12.3 Å². The van der Waals surface area contributed by atoms with Crippen molar-refractivity contribution in [2.24, 2.45) is 0 Å². The lowest BCUT2D eigenvalue weighted by Crippen LogP contribution is -2.20. The third-order valence-electron chi connectivity index (χ3n) is 5.89. The molecule has 186 valence electrons. The molecule has 0 bridgehead atoms. The van der Waals surface area contributed by atoms with Gasteiger partial charge < -0.3 is 19.9 Å². The maximum Gasteiger partial charge on any atom is 0.311 e. The van der Waals surface area contributed by atoms with Gasteiger partial charge in [0.1, 0.15) is 17.2 Å². The molecule has 7 nitrogen and oxygen atoms in total. The molecule has 0 aliphatic carbocycles. The maximum atomic E-state index is 12.7. The molecular formula is C28H20Cl2N2O5. The highest BCUT2D eigenvalue weighted by Crippen LogP contribution is 2.41. The fraction of sp³-hybridized carbons (Fsp3) is 0.107. The van der Waals surface area contributed by atoms with E-state index >= 15 is 0 Å². The standard InChI is InChI=1S/C28H20Cl2N2O5/c29-18-3-1-2-17(12-18)24-9-6-19(15-31-24)32-27(33)16-4-7-20(8-5-16)37-26-14-25-22(13-23(26)30)21(28(34)35)10-11-36-25/h1-9,12-15,21H,10-11H2,(H,32,33)(H,34,35). The van der Waals surface area contributed by atoms with Crippen molar-refractivity contribution in [3.05, 3.63) is 100 Å². The monoisotopic (exact) mass is 534 g/mol. The fourth-order valence-electron chi connectivity index (χ4n) is 4.02. The van der Waals surface area contributed by atoms with Crippen molar-refractivity contribution in [1.82, 2.24) is 4.98 Å². The van der Waals surface area contributed by atoms with E-state index in [-0.39, 0.29) is 10.9 Å². The molecule has 1 unspecified atom stereocenters. The molecule has 1 aromatic heterocycles. The Hall–Kier alpha value is -4.07. The summed E-state index contributed by atoms with van der Waals surface area (Å²) in [6.45, 7) is 0.299. The van der Waals surface area contributed by atoms with Crippen molar-refractivity contribution in [2.75, 3.05) is 11.9 Å². The van der Waals surface area contributed by atoms with Crippen LogP contribution in [0.2, 0.25) is 10.0 Å². The maximum absolute atomic E-state index is 12.7. The minimum Gasteiger partial charge on any atom is -0.493 e. The van der Waals surface area contributed by atoms with Crippen LogP contribution in [0.4, 0.5) is 5.69 Å². The van der Waals surface area contributed by atoms with Gasteiger partial charge >= 0.3 is 5.97 Å². The van der Waals surface area contributed by atoms with Crippen LogP contribution in [0.1, 0.15) is 28.3 Å². The molecule has 2 heterocycles. The average molecular weight is 535 g/mol. The zero-order valence-corrected chi connectivity index (χ0v) is 20.8. The number of carbonyl (C=O) groups is 2. The molecule has 2 N–H and O–H groups in total. The fourth-order valence-corrected chi connectivity index (χ4v) is 4.42. The second kappa shape index (κ2) is 10.5. The van der Waals surface area contributed by atoms with Gasteiger partial charge in [-0.15, -0.1) is 0 Å². The first-order chi connectivity index (χ1) is 17.9. The Bertz CT molecular complexity index is 1470. The third kappa shape index (κ3) is 5.53. The summed E-state index contributed by atoms with van der Waals surface area (Å²) >= 11 is 12.4. The van der Waals surface area contributed by atoms with Crippen LogP contribution in [0.15, 0.2) is 79.0 Å². The van der Waals surface area contributed by atoms with Gasteiger partial charge in [0.2, 0.25) is 0 Å². The number of carboxylic acid groups (broad SMARTS) is 1. The number of carboxylic acids is 1. The van der Waals surface area contributed by atoms with Gasteiger partial charge in [-0.2, -0.15) is 0 Å². The molecule has 1 amide bonds. The van der Waals surface area contributed by atoms with Gasteiger partial charge in [0.25, 0.3) is 5.91 Å². The highest BCUT2D eigenvalue weighted by atomic mass is 35.5. The Morgan fingerprint density at radius 3 is 2.54 bits per heavy atom. The van der Waals surface area contributed by atoms with Gasteiger partial charge in [-0.25, -0.2) is 0 Å².